The number of aliphatic hydroxyl groups is 1. The van der Waals surface area contributed by atoms with E-state index in [1.165, 1.54) is 0 Å². The van der Waals surface area contributed by atoms with Gasteiger partial charge >= 0.3 is 0 Å². The van der Waals surface area contributed by atoms with Gasteiger partial charge in [-0.25, -0.2) is 0 Å². The number of carbonyl (C=O) groups excluding carboxylic acids is 2. The molecular weight excluding hydrogens is 392 g/mol. The van der Waals surface area contributed by atoms with E-state index >= 15 is 0 Å². The molecular formula is C25H30N2O4. The molecule has 0 radical (unpaired) electrons. The lowest BCUT2D eigenvalue weighted by molar-refractivity contribution is -0.136. The van der Waals surface area contributed by atoms with Crippen molar-refractivity contribution in [1.82, 2.24) is 9.88 Å². The summed E-state index contributed by atoms with van der Waals surface area (Å²) in [6, 6.07) is 8.98. The molecule has 6 heteroatoms. The normalized spacial score (nSPS) is 31.1. The van der Waals surface area contributed by atoms with Crippen molar-refractivity contribution in [1.29, 1.82) is 0 Å². The van der Waals surface area contributed by atoms with Crippen LogP contribution in [0.4, 0.5) is 0 Å². The van der Waals surface area contributed by atoms with E-state index in [1.807, 2.05) is 19.3 Å². The van der Waals surface area contributed by atoms with Gasteiger partial charge in [0, 0.05) is 37.5 Å². The van der Waals surface area contributed by atoms with Gasteiger partial charge in [0.15, 0.2) is 0 Å². The summed E-state index contributed by atoms with van der Waals surface area (Å²) in [6.07, 6.45) is 6.54. The van der Waals surface area contributed by atoms with Crippen molar-refractivity contribution in [2.75, 3.05) is 7.11 Å². The molecule has 2 atom stereocenters. The Morgan fingerprint density at radius 1 is 1.19 bits per heavy atom. The van der Waals surface area contributed by atoms with Gasteiger partial charge in [-0.15, -0.1) is 0 Å². The number of carbonyl (C=O) groups is 2. The zero-order chi connectivity index (χ0) is 21.8. The molecule has 4 bridgehead atoms. The van der Waals surface area contributed by atoms with Crippen LogP contribution < -0.4 is 5.32 Å². The number of methoxy groups -OCH3 is 1. The smallest absolute Gasteiger partial charge is 0.251 e. The van der Waals surface area contributed by atoms with Crippen LogP contribution in [0.3, 0.4) is 0 Å². The van der Waals surface area contributed by atoms with E-state index in [0.717, 1.165) is 32.1 Å². The lowest BCUT2D eigenvalue weighted by Crippen LogP contribution is -2.61. The highest BCUT2D eigenvalue weighted by Crippen LogP contribution is 2.55. The van der Waals surface area contributed by atoms with Gasteiger partial charge in [0.05, 0.1) is 17.9 Å². The minimum atomic E-state index is -0.516. The second-order valence-electron chi connectivity index (χ2n) is 9.83. The van der Waals surface area contributed by atoms with Crippen molar-refractivity contribution in [3.63, 3.8) is 0 Å². The van der Waals surface area contributed by atoms with Crippen LogP contribution in [0.5, 0.6) is 0 Å². The zero-order valence-electron chi connectivity index (χ0n) is 18.1. The summed E-state index contributed by atoms with van der Waals surface area (Å²) < 4.78 is 7.13. The Labute approximate surface area is 182 Å². The molecule has 0 aliphatic heterocycles. The van der Waals surface area contributed by atoms with Crippen LogP contribution in [0, 0.1) is 17.8 Å². The van der Waals surface area contributed by atoms with Crippen molar-refractivity contribution in [3.05, 3.63) is 58.9 Å². The van der Waals surface area contributed by atoms with Gasteiger partial charge in [-0.1, -0.05) is 6.07 Å². The van der Waals surface area contributed by atoms with Crippen LogP contribution in [0.25, 0.3) is 0 Å². The molecule has 164 valence electrons. The van der Waals surface area contributed by atoms with E-state index < -0.39 is 5.60 Å². The fraction of sp³-hybridized carbons (Fsp3) is 0.520. The van der Waals surface area contributed by atoms with Crippen molar-refractivity contribution < 1.29 is 19.4 Å². The number of hydrogen-bond donors (Lipinski definition) is 2. The first-order chi connectivity index (χ1) is 14.9. The molecule has 1 aromatic carbocycles. The number of ether oxygens (including phenoxy) is 1. The molecule has 0 spiro atoms. The van der Waals surface area contributed by atoms with E-state index in [4.69, 9.17) is 4.74 Å². The molecule has 4 aliphatic carbocycles. The van der Waals surface area contributed by atoms with E-state index in [2.05, 4.69) is 5.32 Å². The summed E-state index contributed by atoms with van der Waals surface area (Å²) in [7, 11) is 3.43. The molecule has 0 saturated heterocycles. The quantitative estimate of drug-likeness (QED) is 0.701. The molecule has 6 nitrogen and oxygen atoms in total. The Kier molecular flexibility index (Phi) is 5.02. The van der Waals surface area contributed by atoms with E-state index in [1.54, 1.807) is 35.9 Å². The van der Waals surface area contributed by atoms with Gasteiger partial charge < -0.3 is 19.7 Å². The molecule has 2 aromatic rings. The van der Waals surface area contributed by atoms with E-state index in [-0.39, 0.29) is 24.3 Å². The molecule has 4 aliphatic rings. The molecule has 31 heavy (non-hydrogen) atoms. The zero-order valence-corrected chi connectivity index (χ0v) is 18.1. The number of aryl methyl sites for hydroxylation is 1. The maximum absolute atomic E-state index is 13.3. The van der Waals surface area contributed by atoms with Gasteiger partial charge in [0.2, 0.25) is 5.78 Å². The Morgan fingerprint density at radius 2 is 1.94 bits per heavy atom. The van der Waals surface area contributed by atoms with Crippen molar-refractivity contribution in [2.24, 2.45) is 24.8 Å². The number of aromatic nitrogens is 1. The van der Waals surface area contributed by atoms with Gasteiger partial charge in [-0.3, -0.25) is 9.59 Å². The third kappa shape index (κ3) is 3.62. The topological polar surface area (TPSA) is 80.6 Å². The highest BCUT2D eigenvalue weighted by atomic mass is 16.5. The van der Waals surface area contributed by atoms with Crippen molar-refractivity contribution in [2.45, 2.75) is 50.4 Å². The van der Waals surface area contributed by atoms with Gasteiger partial charge in [0.1, 0.15) is 0 Å². The van der Waals surface area contributed by atoms with Gasteiger partial charge in [0.25, 0.3) is 5.91 Å². The Morgan fingerprint density at radius 3 is 2.55 bits per heavy atom. The first-order valence-electron chi connectivity index (χ1n) is 11.2. The van der Waals surface area contributed by atoms with Crippen molar-refractivity contribution >= 4 is 11.7 Å². The van der Waals surface area contributed by atoms with E-state index in [0.29, 0.717) is 40.1 Å². The van der Waals surface area contributed by atoms with Gasteiger partial charge in [-0.05, 0) is 79.7 Å². The van der Waals surface area contributed by atoms with Crippen LogP contribution in [0.2, 0.25) is 0 Å². The van der Waals surface area contributed by atoms with Crippen molar-refractivity contribution in [3.8, 4) is 0 Å². The Balaban J connectivity index is 1.37. The number of nitrogens with zero attached hydrogens (tertiary/aromatic N) is 1. The summed E-state index contributed by atoms with van der Waals surface area (Å²) in [5.74, 6) is 1.11. The fourth-order valence-electron chi connectivity index (χ4n) is 6.52. The highest BCUT2D eigenvalue weighted by molar-refractivity contribution is 6.08. The molecule has 1 heterocycles. The number of ketones is 1. The minimum Gasteiger partial charge on any atom is -0.390 e. The number of nitrogens with one attached hydrogen (secondary N) is 1. The van der Waals surface area contributed by atoms with Crippen LogP contribution in [-0.4, -0.2) is 40.1 Å². The van der Waals surface area contributed by atoms with Crippen LogP contribution >= 0.6 is 0 Å². The molecule has 1 amide bonds. The maximum atomic E-state index is 13.3. The molecule has 2 unspecified atom stereocenters. The largest absolute Gasteiger partial charge is 0.390 e. The summed E-state index contributed by atoms with van der Waals surface area (Å²) in [5.41, 5.74) is 1.90. The minimum absolute atomic E-state index is 0.0777. The molecule has 1 aromatic heterocycles. The average molecular weight is 423 g/mol. The third-order valence-electron chi connectivity index (χ3n) is 7.63. The lowest BCUT2D eigenvalue weighted by atomic mass is 9.52. The summed E-state index contributed by atoms with van der Waals surface area (Å²) in [4.78, 5) is 26.2. The number of amides is 1. The fourth-order valence-corrected chi connectivity index (χ4v) is 6.52. The van der Waals surface area contributed by atoms with Crippen LogP contribution in [0.1, 0.15) is 64.1 Å². The third-order valence-corrected chi connectivity index (χ3v) is 7.63. The SMILES string of the molecule is COCc1cc(C(=O)c2cccn2C)ccc1C(=O)N[C@H]1C2CC3CC1C[C@](O)(C3)C2. The number of rotatable bonds is 6. The monoisotopic (exact) mass is 422 g/mol. The lowest BCUT2D eigenvalue weighted by Gasteiger charge is -2.58. The molecule has 2 N–H and O–H groups in total. The highest BCUT2D eigenvalue weighted by Gasteiger charge is 2.55. The predicted molar refractivity (Wildman–Crippen MR) is 116 cm³/mol. The maximum Gasteiger partial charge on any atom is 0.251 e. The number of hydrogen-bond acceptors (Lipinski definition) is 4. The summed E-state index contributed by atoms with van der Waals surface area (Å²) in [5, 5.41) is 14.1. The molecule has 6 rings (SSSR count). The molecule has 4 fully saturated rings. The summed E-state index contributed by atoms with van der Waals surface area (Å²) in [6.45, 7) is 0.260. The Bertz CT molecular complexity index is 1010. The van der Waals surface area contributed by atoms with Crippen LogP contribution in [0.15, 0.2) is 36.5 Å². The second-order valence-corrected chi connectivity index (χ2v) is 9.83. The number of benzene rings is 1. The summed E-state index contributed by atoms with van der Waals surface area (Å²) >= 11 is 0. The molecule has 4 saturated carbocycles. The first-order valence-corrected chi connectivity index (χ1v) is 11.2. The predicted octanol–water partition coefficient (Wildman–Crippen LogP) is 3.07. The van der Waals surface area contributed by atoms with E-state index in [9.17, 15) is 14.7 Å². The standard InChI is InChI=1S/C25H30N2O4/c1-27-7-3-4-21(27)23(28)16-5-6-20(19(10-16)14-31-2)24(29)26-22-17-8-15-9-18(22)13-25(30,11-15)12-17/h3-7,10,15,17-18,22,30H,8-9,11-14H2,1-2H3,(H,26,29)/t15?,17?,18?,22-,25-. The van der Waals surface area contributed by atoms with Gasteiger partial charge in [-0.2, -0.15) is 0 Å². The average Bonchev–Trinajstić information content (AvgIpc) is 3.15. The second kappa shape index (κ2) is 7.61. The Hall–Kier alpha value is -2.44. The van der Waals surface area contributed by atoms with Crippen LogP contribution in [-0.2, 0) is 18.4 Å². The first kappa shape index (κ1) is 20.5.